The number of hydrogen-bond donors (Lipinski definition) is 0. The van der Waals surface area contributed by atoms with Gasteiger partial charge in [-0.2, -0.15) is 0 Å². The van der Waals surface area contributed by atoms with Crippen molar-refractivity contribution in [1.29, 1.82) is 21.0 Å². The fourth-order valence-corrected chi connectivity index (χ4v) is 16.2. The molecular weight excluding hydrogens is 450 g/mol. The van der Waals surface area contributed by atoms with Gasteiger partial charge in [0.05, 0.1) is 0 Å². The SMILES string of the molecule is N#C[S][Pt]([S]C#N)([S]C#N)[S]C#N.[NaH]. The summed E-state index contributed by atoms with van der Waals surface area (Å²) in [7, 11) is 0.598. The summed E-state index contributed by atoms with van der Waals surface area (Å²) in [4.78, 5) is 0. The van der Waals surface area contributed by atoms with E-state index in [9.17, 15) is 0 Å². The quantitative estimate of drug-likeness (QED) is 0.473. The molecule has 0 atom stereocenters. The second-order valence-electron chi connectivity index (χ2n) is 0.940. The molecule has 0 aromatic carbocycles. The average Bonchev–Trinajstić information content (AvgIpc) is 2.06. The van der Waals surface area contributed by atoms with E-state index in [-0.39, 0.29) is 29.6 Å². The maximum absolute atomic E-state index is 8.47. The van der Waals surface area contributed by atoms with E-state index in [1.807, 2.05) is 21.6 Å². The number of thiocyanates is 4. The summed E-state index contributed by atoms with van der Waals surface area (Å²) in [6.45, 7) is 0. The summed E-state index contributed by atoms with van der Waals surface area (Å²) in [5, 5.41) is 41.3. The Labute approximate surface area is 119 Å². The van der Waals surface area contributed by atoms with Crippen LogP contribution in [0.25, 0.3) is 0 Å². The molecule has 14 heavy (non-hydrogen) atoms. The molecular formula is C4HN4NaPtS4. The van der Waals surface area contributed by atoms with Gasteiger partial charge in [-0.1, -0.05) is 0 Å². The van der Waals surface area contributed by atoms with Crippen LogP contribution in [0.5, 0.6) is 0 Å². The van der Waals surface area contributed by atoms with Crippen LogP contribution in [0.15, 0.2) is 0 Å². The van der Waals surface area contributed by atoms with Gasteiger partial charge in [0.1, 0.15) is 0 Å². The van der Waals surface area contributed by atoms with E-state index in [0.29, 0.717) is 0 Å². The van der Waals surface area contributed by atoms with Gasteiger partial charge in [0.15, 0.2) is 0 Å². The van der Waals surface area contributed by atoms with E-state index >= 15 is 0 Å². The second kappa shape index (κ2) is 10.6. The fraction of sp³-hybridized carbons (Fsp3) is 0. The van der Waals surface area contributed by atoms with Crippen molar-refractivity contribution in [1.82, 2.24) is 0 Å². The standard InChI is InChI=1S/4CHNS.Na.Pt.H/c4*2-1-3;;;/h4*3H;;;/q;;;;;+4;/p-4. The predicted molar refractivity (Wildman–Crippen MR) is 60.0 cm³/mol. The van der Waals surface area contributed by atoms with Crippen molar-refractivity contribution in [2.24, 2.45) is 0 Å². The third-order valence-corrected chi connectivity index (χ3v) is 26.1. The molecule has 0 N–H and O–H groups in total. The first-order chi connectivity index (χ1) is 6.24. The third-order valence-electron chi connectivity index (χ3n) is 0.432. The topological polar surface area (TPSA) is 95.2 Å². The summed E-state index contributed by atoms with van der Waals surface area (Å²) in [5.74, 6) is 0. The Kier molecular flexibility index (Phi) is 13.2. The minimum atomic E-state index is -3.02. The van der Waals surface area contributed by atoms with Gasteiger partial charge in [0, 0.05) is 0 Å². The monoisotopic (exact) mass is 451 g/mol. The van der Waals surface area contributed by atoms with Gasteiger partial charge in [0.2, 0.25) is 0 Å². The number of nitrogens with zero attached hydrogens (tertiary/aromatic N) is 4. The van der Waals surface area contributed by atoms with Crippen molar-refractivity contribution < 1.29 is 10.9 Å². The van der Waals surface area contributed by atoms with Crippen LogP contribution in [0.1, 0.15) is 0 Å². The molecule has 0 aliphatic rings. The molecule has 0 bridgehead atoms. The molecule has 0 aliphatic heterocycles. The van der Waals surface area contributed by atoms with Gasteiger partial charge in [-0.25, -0.2) is 0 Å². The average molecular weight is 451 g/mol. The van der Waals surface area contributed by atoms with Gasteiger partial charge in [-0.15, -0.1) is 0 Å². The van der Waals surface area contributed by atoms with Crippen LogP contribution in [0.3, 0.4) is 0 Å². The Hall–Kier alpha value is 1.05. The Bertz CT molecular complexity index is 266. The number of nitriles is 4. The van der Waals surface area contributed by atoms with E-state index in [1.54, 1.807) is 0 Å². The fourth-order valence-electron chi connectivity index (χ4n) is 0.220. The summed E-state index contributed by atoms with van der Waals surface area (Å²) in [6.07, 6.45) is 0. The van der Waals surface area contributed by atoms with Crippen LogP contribution in [0, 0.1) is 42.7 Å². The summed E-state index contributed by atoms with van der Waals surface area (Å²) in [5.41, 5.74) is 0. The van der Waals surface area contributed by atoms with Gasteiger partial charge < -0.3 is 0 Å². The zero-order valence-corrected chi connectivity index (χ0v) is 11.3. The molecule has 0 amide bonds. The van der Waals surface area contributed by atoms with Gasteiger partial charge in [0.25, 0.3) is 0 Å². The van der Waals surface area contributed by atoms with E-state index in [4.69, 9.17) is 21.0 Å². The molecule has 0 unspecified atom stereocenters. The number of hydrogen-bond acceptors (Lipinski definition) is 8. The molecule has 0 spiro atoms. The Morgan fingerprint density at radius 1 is 0.643 bits per heavy atom. The van der Waals surface area contributed by atoms with E-state index in [2.05, 4.69) is 0 Å². The molecule has 0 aromatic heterocycles. The van der Waals surface area contributed by atoms with Crippen molar-refractivity contribution in [3.05, 3.63) is 0 Å². The zero-order chi connectivity index (χ0) is 10.2. The van der Waals surface area contributed by atoms with Crippen LogP contribution in [0.2, 0.25) is 0 Å². The second-order valence-corrected chi connectivity index (χ2v) is 30.7. The Morgan fingerprint density at radius 3 is 1.00 bits per heavy atom. The van der Waals surface area contributed by atoms with Crippen molar-refractivity contribution in [3.8, 4) is 21.6 Å². The first kappa shape index (κ1) is 17.4. The van der Waals surface area contributed by atoms with Gasteiger partial charge in [-0.3, -0.25) is 0 Å². The minimum absolute atomic E-state index is 0. The first-order valence-corrected chi connectivity index (χ1v) is 16.0. The molecule has 4 nitrogen and oxygen atoms in total. The molecule has 0 aliphatic carbocycles. The molecule has 0 aromatic rings. The number of rotatable bonds is 4. The van der Waals surface area contributed by atoms with Crippen molar-refractivity contribution in [2.45, 2.75) is 0 Å². The maximum atomic E-state index is 8.47. The van der Waals surface area contributed by atoms with Crippen LogP contribution in [-0.4, -0.2) is 29.6 Å². The molecule has 0 radical (unpaired) electrons. The van der Waals surface area contributed by atoms with Crippen LogP contribution < -0.4 is 0 Å². The predicted octanol–water partition coefficient (Wildman–Crippen LogP) is 2.01. The Balaban J connectivity index is 0. The molecule has 10 heteroatoms. The molecule has 0 rings (SSSR count). The van der Waals surface area contributed by atoms with Crippen molar-refractivity contribution in [3.63, 3.8) is 0 Å². The summed E-state index contributed by atoms with van der Waals surface area (Å²) < 4.78 is 0. The zero-order valence-electron chi connectivity index (χ0n) is 5.74. The van der Waals surface area contributed by atoms with Gasteiger partial charge in [-0.05, 0) is 0 Å². The molecule has 0 saturated heterocycles. The normalized spacial score (nSPS) is 9.43. The first-order valence-electron chi connectivity index (χ1n) is 2.23. The van der Waals surface area contributed by atoms with E-state index in [0.717, 1.165) is 37.9 Å². The summed E-state index contributed by atoms with van der Waals surface area (Å²) in [6, 6.07) is 0. The van der Waals surface area contributed by atoms with Crippen molar-refractivity contribution in [2.75, 3.05) is 0 Å². The van der Waals surface area contributed by atoms with Crippen LogP contribution in [-0.2, 0) is 10.9 Å². The van der Waals surface area contributed by atoms with Gasteiger partial charge >= 0.3 is 121 Å². The van der Waals surface area contributed by atoms with E-state index < -0.39 is 10.9 Å². The van der Waals surface area contributed by atoms with Crippen LogP contribution in [0.4, 0.5) is 0 Å². The third kappa shape index (κ3) is 6.52. The Morgan fingerprint density at radius 2 is 0.857 bits per heavy atom. The molecule has 72 valence electrons. The summed E-state index contributed by atoms with van der Waals surface area (Å²) >= 11 is 0. The van der Waals surface area contributed by atoms with E-state index in [1.165, 1.54) is 0 Å². The molecule has 0 saturated carbocycles. The van der Waals surface area contributed by atoms with Crippen LogP contribution >= 0.6 is 37.9 Å². The van der Waals surface area contributed by atoms with Crippen molar-refractivity contribution >= 4 is 67.4 Å². The molecule has 0 fully saturated rings. The molecule has 0 heterocycles.